The van der Waals surface area contributed by atoms with E-state index in [1.54, 1.807) is 18.3 Å². The topological polar surface area (TPSA) is 90.1 Å². The van der Waals surface area contributed by atoms with Crippen LogP contribution in [0.15, 0.2) is 34.9 Å². The summed E-state index contributed by atoms with van der Waals surface area (Å²) in [5, 5.41) is 18.0. The minimum Gasteiger partial charge on any atom is -0.358 e. The Balaban J connectivity index is 1.36. The van der Waals surface area contributed by atoms with Crippen molar-refractivity contribution in [3.05, 3.63) is 56.2 Å². The number of nitrogens with zero attached hydrogens (tertiary/aromatic N) is 3. The van der Waals surface area contributed by atoms with Crippen LogP contribution in [-0.4, -0.2) is 26.7 Å². The molecule has 8 heteroatoms. The molecule has 1 heterocycles. The van der Waals surface area contributed by atoms with E-state index in [1.165, 1.54) is 30.4 Å². The van der Waals surface area contributed by atoms with Gasteiger partial charge in [0.05, 0.1) is 17.8 Å². The number of rotatable bonds is 6. The Bertz CT molecular complexity index is 895. The number of hydrogen-bond donors (Lipinski definition) is 1. The van der Waals surface area contributed by atoms with Crippen molar-refractivity contribution in [1.82, 2.24) is 15.1 Å². The smallest absolute Gasteiger partial charge is 0.358 e. The highest BCUT2D eigenvalue weighted by atomic mass is 79.9. The van der Waals surface area contributed by atoms with Crippen LogP contribution in [0.1, 0.15) is 48.5 Å². The van der Waals surface area contributed by atoms with E-state index in [-0.39, 0.29) is 17.8 Å². The van der Waals surface area contributed by atoms with E-state index in [9.17, 15) is 14.9 Å². The summed E-state index contributed by atoms with van der Waals surface area (Å²) in [6, 6.07) is 7.51. The molecule has 2 fully saturated rings. The largest absolute Gasteiger partial charge is 0.404 e. The first-order valence-corrected chi connectivity index (χ1v) is 10.5. The number of hydrogen-bond acceptors (Lipinski definition) is 4. The van der Waals surface area contributed by atoms with E-state index in [0.717, 1.165) is 17.4 Å². The zero-order valence-corrected chi connectivity index (χ0v) is 17.3. The molecule has 0 saturated heterocycles. The van der Waals surface area contributed by atoms with Gasteiger partial charge in [0.1, 0.15) is 4.47 Å². The van der Waals surface area contributed by atoms with Crippen LogP contribution in [0.4, 0.5) is 5.82 Å². The third-order valence-electron chi connectivity index (χ3n) is 6.23. The van der Waals surface area contributed by atoms with Crippen molar-refractivity contribution in [3.63, 3.8) is 0 Å². The SMILES string of the molecule is C[C@H](NC(=O)c1ccc(Cn2cc(Br)c([N+](=O)[O-])n2)cc1)[C@H]1C[C@H]2CC[C@H]1C2. The van der Waals surface area contributed by atoms with Gasteiger partial charge in [-0.05, 0) is 82.5 Å². The molecule has 0 spiro atoms. The fourth-order valence-electron chi connectivity index (χ4n) is 4.84. The van der Waals surface area contributed by atoms with Gasteiger partial charge in [0.2, 0.25) is 0 Å². The number of benzene rings is 1. The Morgan fingerprint density at radius 1 is 1.36 bits per heavy atom. The van der Waals surface area contributed by atoms with Gasteiger partial charge in [0, 0.05) is 11.6 Å². The van der Waals surface area contributed by atoms with Crippen LogP contribution in [-0.2, 0) is 6.54 Å². The average Bonchev–Trinajstić information content (AvgIpc) is 3.38. The normalized spacial score (nSPS) is 24.3. The average molecular weight is 447 g/mol. The highest BCUT2D eigenvalue weighted by molar-refractivity contribution is 9.10. The molecular formula is C20H23BrN4O3. The van der Waals surface area contributed by atoms with Crippen molar-refractivity contribution in [3.8, 4) is 0 Å². The first-order chi connectivity index (χ1) is 13.4. The minimum atomic E-state index is -0.522. The van der Waals surface area contributed by atoms with Crippen LogP contribution in [0.25, 0.3) is 0 Å². The van der Waals surface area contributed by atoms with Crippen molar-refractivity contribution in [2.75, 3.05) is 0 Å². The Labute approximate surface area is 171 Å². The molecule has 2 bridgehead atoms. The second-order valence-corrected chi connectivity index (χ2v) is 8.91. The van der Waals surface area contributed by atoms with Gasteiger partial charge in [-0.15, -0.1) is 0 Å². The standard InChI is InChI=1S/C20H23BrN4O3/c1-12(17-9-14-4-7-16(17)8-14)22-20(26)15-5-2-13(3-6-15)10-24-11-18(21)19(23-24)25(27)28/h2-3,5-6,11-12,14,16-17H,4,7-10H2,1H3,(H,22,26)/t12-,14-,16-,17+/m0/s1. The third-order valence-corrected chi connectivity index (χ3v) is 6.79. The molecular weight excluding hydrogens is 424 g/mol. The Hall–Kier alpha value is -2.22. The summed E-state index contributed by atoms with van der Waals surface area (Å²) in [6.07, 6.45) is 6.83. The lowest BCUT2D eigenvalue weighted by Gasteiger charge is -2.28. The number of fused-ring (bicyclic) bond motifs is 2. The molecule has 0 unspecified atom stereocenters. The Morgan fingerprint density at radius 3 is 2.68 bits per heavy atom. The fourth-order valence-corrected chi connectivity index (χ4v) is 5.30. The zero-order chi connectivity index (χ0) is 19.8. The molecule has 1 N–H and O–H groups in total. The summed E-state index contributed by atoms with van der Waals surface area (Å²) in [6.45, 7) is 2.52. The second kappa shape index (κ2) is 7.66. The zero-order valence-electron chi connectivity index (χ0n) is 15.7. The van der Waals surface area contributed by atoms with Crippen molar-refractivity contribution >= 4 is 27.7 Å². The van der Waals surface area contributed by atoms with Gasteiger partial charge in [-0.1, -0.05) is 18.6 Å². The van der Waals surface area contributed by atoms with Gasteiger partial charge in [0.25, 0.3) is 5.91 Å². The van der Waals surface area contributed by atoms with Gasteiger partial charge in [-0.2, -0.15) is 4.68 Å². The lowest BCUT2D eigenvalue weighted by atomic mass is 9.84. The Morgan fingerprint density at radius 2 is 2.11 bits per heavy atom. The highest BCUT2D eigenvalue weighted by Crippen LogP contribution is 2.49. The Kier molecular flexibility index (Phi) is 5.23. The molecule has 28 heavy (non-hydrogen) atoms. The molecule has 0 aliphatic heterocycles. The summed E-state index contributed by atoms with van der Waals surface area (Å²) in [4.78, 5) is 23.0. The first-order valence-electron chi connectivity index (χ1n) is 9.68. The summed E-state index contributed by atoms with van der Waals surface area (Å²) >= 11 is 3.15. The van der Waals surface area contributed by atoms with Crippen LogP contribution >= 0.6 is 15.9 Å². The number of carbonyl (C=O) groups is 1. The van der Waals surface area contributed by atoms with Crippen LogP contribution < -0.4 is 5.32 Å². The molecule has 1 aromatic carbocycles. The summed E-state index contributed by atoms with van der Waals surface area (Å²) in [5.74, 6) is 2.01. The maximum atomic E-state index is 12.6. The third kappa shape index (κ3) is 3.83. The van der Waals surface area contributed by atoms with Crippen LogP contribution in [0.2, 0.25) is 0 Å². The van der Waals surface area contributed by atoms with Crippen molar-refractivity contribution in [1.29, 1.82) is 0 Å². The molecule has 0 radical (unpaired) electrons. The second-order valence-electron chi connectivity index (χ2n) is 8.05. The highest BCUT2D eigenvalue weighted by Gasteiger charge is 2.42. The molecule has 7 nitrogen and oxygen atoms in total. The number of nitrogens with one attached hydrogen (secondary N) is 1. The quantitative estimate of drug-likeness (QED) is 0.532. The van der Waals surface area contributed by atoms with Gasteiger partial charge in [0.15, 0.2) is 0 Å². The maximum Gasteiger partial charge on any atom is 0.404 e. The summed E-state index contributed by atoms with van der Waals surface area (Å²) in [7, 11) is 0. The van der Waals surface area contributed by atoms with Crippen LogP contribution in [0.5, 0.6) is 0 Å². The van der Waals surface area contributed by atoms with Gasteiger partial charge < -0.3 is 15.4 Å². The first kappa shape index (κ1) is 19.1. The van der Waals surface area contributed by atoms with Crippen molar-refractivity contribution < 1.29 is 9.72 Å². The molecule has 2 aliphatic rings. The maximum absolute atomic E-state index is 12.6. The van der Waals surface area contributed by atoms with Crippen LogP contribution in [0.3, 0.4) is 0 Å². The van der Waals surface area contributed by atoms with Crippen molar-refractivity contribution in [2.24, 2.45) is 17.8 Å². The molecule has 2 aliphatic carbocycles. The van der Waals surface area contributed by atoms with E-state index >= 15 is 0 Å². The predicted octanol–water partition coefficient (Wildman–Crippen LogP) is 4.16. The lowest BCUT2D eigenvalue weighted by Crippen LogP contribution is -2.40. The predicted molar refractivity (Wildman–Crippen MR) is 108 cm³/mol. The fraction of sp³-hybridized carbons (Fsp3) is 0.500. The monoisotopic (exact) mass is 446 g/mol. The number of halogens is 1. The van der Waals surface area contributed by atoms with E-state index in [4.69, 9.17) is 0 Å². The summed E-state index contributed by atoms with van der Waals surface area (Å²) in [5.41, 5.74) is 1.55. The van der Waals surface area contributed by atoms with E-state index < -0.39 is 4.92 Å². The van der Waals surface area contributed by atoms with E-state index in [0.29, 0.717) is 22.5 Å². The van der Waals surface area contributed by atoms with Gasteiger partial charge in [-0.25, -0.2) is 0 Å². The number of nitro groups is 1. The molecule has 1 amide bonds. The van der Waals surface area contributed by atoms with E-state index in [2.05, 4.69) is 33.3 Å². The minimum absolute atomic E-state index is 0.0423. The lowest BCUT2D eigenvalue weighted by molar-refractivity contribution is -0.390. The summed E-state index contributed by atoms with van der Waals surface area (Å²) < 4.78 is 1.86. The molecule has 4 rings (SSSR count). The van der Waals surface area contributed by atoms with Crippen LogP contribution in [0, 0.1) is 27.9 Å². The molecule has 4 atom stereocenters. The number of aromatic nitrogens is 2. The number of carbonyl (C=O) groups excluding carboxylic acids is 1. The van der Waals surface area contributed by atoms with Gasteiger partial charge >= 0.3 is 5.82 Å². The molecule has 1 aromatic heterocycles. The number of amides is 1. The molecule has 2 aromatic rings. The molecule has 2 saturated carbocycles. The van der Waals surface area contributed by atoms with E-state index in [1.807, 2.05) is 12.1 Å². The van der Waals surface area contributed by atoms with Gasteiger partial charge in [-0.3, -0.25) is 4.79 Å². The molecule has 148 valence electrons. The van der Waals surface area contributed by atoms with Crippen molar-refractivity contribution in [2.45, 2.75) is 45.2 Å².